The van der Waals surface area contributed by atoms with E-state index < -0.39 is 0 Å². The highest BCUT2D eigenvalue weighted by Crippen LogP contribution is 2.34. The fourth-order valence-corrected chi connectivity index (χ4v) is 4.15. The van der Waals surface area contributed by atoms with Crippen LogP contribution in [-0.4, -0.2) is 21.8 Å². The third kappa shape index (κ3) is 4.26. The molecular weight excluding hydrogens is 388 g/mol. The Morgan fingerprint density at radius 2 is 1.92 bits per heavy atom. The number of halogens is 1. The van der Waals surface area contributed by atoms with Gasteiger partial charge in [-0.1, -0.05) is 65.0 Å². The lowest BCUT2D eigenvalue weighted by Crippen LogP contribution is -2.32. The maximum absolute atomic E-state index is 12.8. The summed E-state index contributed by atoms with van der Waals surface area (Å²) in [5.74, 6) is -0.0467. The van der Waals surface area contributed by atoms with Crippen LogP contribution >= 0.6 is 34.7 Å². The molecule has 0 radical (unpaired) electrons. The maximum Gasteiger partial charge on any atom is 0.239 e. The number of aryl methyl sites for hydroxylation is 1. The van der Waals surface area contributed by atoms with Crippen molar-refractivity contribution < 1.29 is 9.59 Å². The topological polar surface area (TPSA) is 50.3 Å². The smallest absolute Gasteiger partial charge is 0.239 e. The van der Waals surface area contributed by atoms with E-state index in [9.17, 15) is 9.59 Å². The summed E-state index contributed by atoms with van der Waals surface area (Å²) >= 11 is 8.66. The average Bonchev–Trinajstić information content (AvgIpc) is 3.06. The Kier molecular flexibility index (Phi) is 5.96. The Bertz CT molecular complexity index is 957. The molecule has 0 saturated carbocycles. The van der Waals surface area contributed by atoms with Gasteiger partial charge in [-0.3, -0.25) is 14.5 Å². The summed E-state index contributed by atoms with van der Waals surface area (Å²) in [6.07, 6.45) is 0. The van der Waals surface area contributed by atoms with E-state index in [1.165, 1.54) is 18.3 Å². The molecular formula is C19H17ClN2O2S2. The molecule has 0 fully saturated rings. The van der Waals surface area contributed by atoms with Crippen LogP contribution in [0.5, 0.6) is 0 Å². The molecule has 0 unspecified atom stereocenters. The number of thioether (sulfide) groups is 1. The predicted molar refractivity (Wildman–Crippen MR) is 110 cm³/mol. The molecule has 2 aromatic carbocycles. The van der Waals surface area contributed by atoms with Gasteiger partial charge in [0.25, 0.3) is 0 Å². The van der Waals surface area contributed by atoms with Crippen molar-refractivity contribution in [1.82, 2.24) is 4.98 Å². The molecule has 3 aromatic rings. The second kappa shape index (κ2) is 8.20. The van der Waals surface area contributed by atoms with Crippen LogP contribution in [0.2, 0.25) is 5.02 Å². The van der Waals surface area contributed by atoms with Gasteiger partial charge in [-0.05, 0) is 30.2 Å². The van der Waals surface area contributed by atoms with Crippen molar-refractivity contribution in [2.24, 2.45) is 0 Å². The lowest BCUT2D eigenvalue weighted by atomic mass is 10.2. The van der Waals surface area contributed by atoms with Crippen LogP contribution in [0.3, 0.4) is 0 Å². The van der Waals surface area contributed by atoms with Crippen LogP contribution in [0.1, 0.15) is 18.1 Å². The van der Waals surface area contributed by atoms with Crippen LogP contribution in [0.15, 0.2) is 42.5 Å². The number of carbonyl (C=O) groups excluding carboxylic acids is 2. The highest BCUT2D eigenvalue weighted by molar-refractivity contribution is 8.14. The minimum absolute atomic E-state index is 0.0788. The highest BCUT2D eigenvalue weighted by Gasteiger charge is 2.21. The van der Waals surface area contributed by atoms with Crippen LogP contribution in [0.4, 0.5) is 5.13 Å². The number of rotatable bonds is 5. The van der Waals surface area contributed by atoms with Crippen molar-refractivity contribution in [3.05, 3.63) is 58.6 Å². The summed E-state index contributed by atoms with van der Waals surface area (Å²) in [7, 11) is 0. The molecule has 1 amide bonds. The third-order valence-corrected chi connectivity index (χ3v) is 6.10. The molecule has 7 heteroatoms. The first-order valence-electron chi connectivity index (χ1n) is 7.99. The van der Waals surface area contributed by atoms with E-state index >= 15 is 0 Å². The monoisotopic (exact) mass is 404 g/mol. The molecule has 0 bridgehead atoms. The van der Waals surface area contributed by atoms with Crippen molar-refractivity contribution in [2.75, 3.05) is 10.7 Å². The molecule has 0 aliphatic heterocycles. The molecule has 26 heavy (non-hydrogen) atoms. The van der Waals surface area contributed by atoms with Gasteiger partial charge in [-0.2, -0.15) is 0 Å². The number of benzene rings is 2. The van der Waals surface area contributed by atoms with Crippen LogP contribution in [0.25, 0.3) is 10.2 Å². The van der Waals surface area contributed by atoms with Crippen molar-refractivity contribution in [2.45, 2.75) is 20.4 Å². The van der Waals surface area contributed by atoms with Gasteiger partial charge in [0.05, 0.1) is 22.5 Å². The fourth-order valence-electron chi connectivity index (χ4n) is 2.47. The van der Waals surface area contributed by atoms with Gasteiger partial charge >= 0.3 is 0 Å². The largest absolute Gasteiger partial charge is 0.288 e. The Morgan fingerprint density at radius 1 is 1.19 bits per heavy atom. The van der Waals surface area contributed by atoms with E-state index in [0.29, 0.717) is 16.7 Å². The van der Waals surface area contributed by atoms with Crippen molar-refractivity contribution in [3.8, 4) is 0 Å². The minimum Gasteiger partial charge on any atom is -0.288 e. The van der Waals surface area contributed by atoms with Gasteiger partial charge in [-0.15, -0.1) is 0 Å². The molecule has 0 spiro atoms. The van der Waals surface area contributed by atoms with E-state index in [2.05, 4.69) is 4.98 Å². The van der Waals surface area contributed by atoms with E-state index in [1.54, 1.807) is 4.90 Å². The molecule has 134 valence electrons. The fraction of sp³-hybridized carbons (Fsp3) is 0.211. The van der Waals surface area contributed by atoms with Gasteiger partial charge < -0.3 is 0 Å². The van der Waals surface area contributed by atoms with Gasteiger partial charge in [-0.25, -0.2) is 4.98 Å². The zero-order chi connectivity index (χ0) is 18.7. The summed E-state index contributed by atoms with van der Waals surface area (Å²) in [4.78, 5) is 30.3. The summed E-state index contributed by atoms with van der Waals surface area (Å²) < 4.78 is 0.979. The normalized spacial score (nSPS) is 10.9. The van der Waals surface area contributed by atoms with Gasteiger partial charge in [0.15, 0.2) is 10.2 Å². The molecule has 3 rings (SSSR count). The van der Waals surface area contributed by atoms with Crippen LogP contribution < -0.4 is 4.90 Å². The first-order chi connectivity index (χ1) is 12.5. The number of anilines is 1. The maximum atomic E-state index is 12.8. The quantitative estimate of drug-likeness (QED) is 0.595. The summed E-state index contributed by atoms with van der Waals surface area (Å²) in [6, 6.07) is 13.5. The molecule has 1 heterocycles. The minimum atomic E-state index is -0.142. The Labute approximate surface area is 165 Å². The Balaban J connectivity index is 1.97. The van der Waals surface area contributed by atoms with E-state index in [1.807, 2.05) is 49.4 Å². The Hall–Kier alpha value is -1.89. The van der Waals surface area contributed by atoms with E-state index in [0.717, 1.165) is 33.1 Å². The summed E-state index contributed by atoms with van der Waals surface area (Å²) in [6.45, 7) is 3.79. The predicted octanol–water partition coefficient (Wildman–Crippen LogP) is 5.07. The average molecular weight is 405 g/mol. The zero-order valence-electron chi connectivity index (χ0n) is 14.4. The first-order valence-corrected chi connectivity index (χ1v) is 10.2. The zero-order valence-corrected chi connectivity index (χ0v) is 16.7. The first kappa shape index (κ1) is 18.9. The van der Waals surface area contributed by atoms with E-state index in [-0.39, 0.29) is 16.8 Å². The number of nitrogens with zero attached hydrogens (tertiary/aromatic N) is 2. The van der Waals surface area contributed by atoms with Crippen molar-refractivity contribution >= 4 is 61.1 Å². The highest BCUT2D eigenvalue weighted by atomic mass is 35.5. The number of aromatic nitrogens is 1. The molecule has 4 nitrogen and oxygen atoms in total. The standard InChI is InChI=1S/C19H17ClN2O2S2/c1-12-15(20)8-9-16-18(12)21-19(26-16)22(17(24)11-25-13(2)23)10-14-6-4-3-5-7-14/h3-9H,10-11H2,1-2H3. The van der Waals surface area contributed by atoms with Gasteiger partial charge in [0, 0.05) is 11.9 Å². The lowest BCUT2D eigenvalue weighted by molar-refractivity contribution is -0.116. The second-order valence-corrected chi connectivity index (χ2v) is 8.33. The summed E-state index contributed by atoms with van der Waals surface area (Å²) in [5.41, 5.74) is 2.71. The molecule has 0 saturated heterocycles. The van der Waals surface area contributed by atoms with Crippen LogP contribution in [0, 0.1) is 6.92 Å². The van der Waals surface area contributed by atoms with Crippen molar-refractivity contribution in [3.63, 3.8) is 0 Å². The number of thiazole rings is 1. The molecule has 0 atom stereocenters. The van der Waals surface area contributed by atoms with Gasteiger partial charge in [0.1, 0.15) is 0 Å². The number of amides is 1. The van der Waals surface area contributed by atoms with Crippen LogP contribution in [-0.2, 0) is 16.1 Å². The lowest BCUT2D eigenvalue weighted by Gasteiger charge is -2.19. The molecule has 0 aliphatic rings. The molecule has 0 N–H and O–H groups in total. The third-order valence-electron chi connectivity index (χ3n) is 3.85. The molecule has 1 aromatic heterocycles. The number of hydrogen-bond donors (Lipinski definition) is 0. The van der Waals surface area contributed by atoms with Gasteiger partial charge in [0.2, 0.25) is 5.91 Å². The van der Waals surface area contributed by atoms with Crippen molar-refractivity contribution in [1.29, 1.82) is 0 Å². The number of fused-ring (bicyclic) bond motifs is 1. The second-order valence-electron chi connectivity index (χ2n) is 5.76. The number of carbonyl (C=O) groups is 2. The van der Waals surface area contributed by atoms with E-state index in [4.69, 9.17) is 11.6 Å². The molecule has 0 aliphatic carbocycles. The Morgan fingerprint density at radius 3 is 2.62 bits per heavy atom. The SMILES string of the molecule is CC(=O)SCC(=O)N(Cc1ccccc1)c1nc2c(C)c(Cl)ccc2s1. The number of hydrogen-bond acceptors (Lipinski definition) is 5. The summed E-state index contributed by atoms with van der Waals surface area (Å²) in [5, 5.41) is 1.19.